The van der Waals surface area contributed by atoms with Crippen LogP contribution >= 0.6 is 0 Å². The van der Waals surface area contributed by atoms with Gasteiger partial charge in [-0.15, -0.1) is 0 Å². The molecule has 18 heavy (non-hydrogen) atoms. The highest BCUT2D eigenvalue weighted by Gasteiger charge is 2.35. The minimum atomic E-state index is -0.879. The predicted octanol–water partition coefficient (Wildman–Crippen LogP) is 2.57. The van der Waals surface area contributed by atoms with E-state index >= 15 is 0 Å². The Morgan fingerprint density at radius 2 is 1.89 bits per heavy atom. The number of aliphatic hydroxyl groups is 1. The largest absolute Gasteiger partial charge is 0.385 e. The summed E-state index contributed by atoms with van der Waals surface area (Å²) >= 11 is 0. The number of rotatable bonds is 1. The van der Waals surface area contributed by atoms with Crippen LogP contribution in [-0.4, -0.2) is 15.9 Å². The van der Waals surface area contributed by atoms with Crippen molar-refractivity contribution in [1.29, 1.82) is 0 Å². The van der Waals surface area contributed by atoms with Crippen molar-refractivity contribution < 1.29 is 9.90 Å². The molecule has 0 unspecified atom stereocenters. The molecular formula is C15H15NO2. The van der Waals surface area contributed by atoms with Crippen molar-refractivity contribution in [3.63, 3.8) is 0 Å². The SMILES string of the molecule is O=C1CCC(O)(c2cccc3ncccc23)CC1. The quantitative estimate of drug-likeness (QED) is 0.834. The van der Waals surface area contributed by atoms with Crippen LogP contribution in [0, 0.1) is 0 Å². The molecule has 3 nitrogen and oxygen atoms in total. The second kappa shape index (κ2) is 4.18. The summed E-state index contributed by atoms with van der Waals surface area (Å²) in [5.41, 5.74) is 0.914. The van der Waals surface area contributed by atoms with E-state index in [0.717, 1.165) is 16.5 Å². The first-order valence-corrected chi connectivity index (χ1v) is 6.27. The summed E-state index contributed by atoms with van der Waals surface area (Å²) in [6.07, 6.45) is 3.71. The molecule has 1 aliphatic rings. The van der Waals surface area contributed by atoms with Gasteiger partial charge in [-0.2, -0.15) is 0 Å². The molecule has 3 rings (SSSR count). The molecule has 0 amide bonds. The van der Waals surface area contributed by atoms with E-state index in [2.05, 4.69) is 4.98 Å². The van der Waals surface area contributed by atoms with Crippen LogP contribution in [-0.2, 0) is 10.4 Å². The second-order valence-corrected chi connectivity index (χ2v) is 4.95. The molecule has 1 aromatic carbocycles. The molecule has 1 heterocycles. The highest BCUT2D eigenvalue weighted by Crippen LogP contribution is 2.38. The highest BCUT2D eigenvalue weighted by molar-refractivity contribution is 5.84. The van der Waals surface area contributed by atoms with Gasteiger partial charge in [-0.3, -0.25) is 9.78 Å². The first kappa shape index (κ1) is 11.4. The maximum Gasteiger partial charge on any atom is 0.133 e. The third-order valence-corrected chi connectivity index (χ3v) is 3.78. The number of hydrogen-bond donors (Lipinski definition) is 1. The number of carbonyl (C=O) groups is 1. The van der Waals surface area contributed by atoms with Crippen molar-refractivity contribution >= 4 is 16.7 Å². The topological polar surface area (TPSA) is 50.2 Å². The third-order valence-electron chi connectivity index (χ3n) is 3.78. The van der Waals surface area contributed by atoms with Gasteiger partial charge in [-0.25, -0.2) is 0 Å². The zero-order chi connectivity index (χ0) is 12.6. The van der Waals surface area contributed by atoms with Gasteiger partial charge in [0.05, 0.1) is 11.1 Å². The van der Waals surface area contributed by atoms with Gasteiger partial charge in [-0.05, 0) is 30.5 Å². The fraction of sp³-hybridized carbons (Fsp3) is 0.333. The van der Waals surface area contributed by atoms with Crippen molar-refractivity contribution in [3.8, 4) is 0 Å². The molecule has 1 aliphatic carbocycles. The lowest BCUT2D eigenvalue weighted by atomic mass is 9.78. The van der Waals surface area contributed by atoms with Crippen LogP contribution in [0.5, 0.6) is 0 Å². The summed E-state index contributed by atoms with van der Waals surface area (Å²) in [7, 11) is 0. The van der Waals surface area contributed by atoms with Gasteiger partial charge in [0.1, 0.15) is 5.78 Å². The number of carbonyl (C=O) groups excluding carboxylic acids is 1. The average Bonchev–Trinajstić information content (AvgIpc) is 2.42. The van der Waals surface area contributed by atoms with Crippen LogP contribution in [0.3, 0.4) is 0 Å². The maximum absolute atomic E-state index is 11.3. The number of ketones is 1. The maximum atomic E-state index is 11.3. The van der Waals surface area contributed by atoms with E-state index in [1.807, 2.05) is 30.3 Å². The molecule has 0 saturated heterocycles. The predicted molar refractivity (Wildman–Crippen MR) is 69.1 cm³/mol. The average molecular weight is 241 g/mol. The smallest absolute Gasteiger partial charge is 0.133 e. The summed E-state index contributed by atoms with van der Waals surface area (Å²) in [6.45, 7) is 0. The van der Waals surface area contributed by atoms with Gasteiger partial charge in [-0.1, -0.05) is 18.2 Å². The minimum absolute atomic E-state index is 0.248. The van der Waals surface area contributed by atoms with Gasteiger partial charge >= 0.3 is 0 Å². The van der Waals surface area contributed by atoms with Crippen molar-refractivity contribution in [2.75, 3.05) is 0 Å². The molecule has 0 radical (unpaired) electrons. The van der Waals surface area contributed by atoms with Crippen LogP contribution in [0.25, 0.3) is 10.9 Å². The monoisotopic (exact) mass is 241 g/mol. The normalized spacial score (nSPS) is 19.1. The number of pyridine rings is 1. The van der Waals surface area contributed by atoms with E-state index in [-0.39, 0.29) is 5.78 Å². The standard InChI is InChI=1S/C15H15NO2/c17-11-6-8-15(18,9-7-11)13-4-1-5-14-12(13)3-2-10-16-14/h1-5,10,18H,6-9H2. The Bertz CT molecular complexity index is 591. The number of nitrogens with zero attached hydrogens (tertiary/aromatic N) is 1. The Balaban J connectivity index is 2.11. The number of Topliss-reactive ketones (excluding diaryl/α,β-unsaturated/α-hetero) is 1. The molecular weight excluding hydrogens is 226 g/mol. The molecule has 1 saturated carbocycles. The summed E-state index contributed by atoms with van der Waals surface area (Å²) in [5, 5.41) is 11.8. The second-order valence-electron chi connectivity index (χ2n) is 4.95. The third kappa shape index (κ3) is 1.81. The summed E-state index contributed by atoms with van der Waals surface area (Å²) in [4.78, 5) is 15.6. The van der Waals surface area contributed by atoms with E-state index in [1.54, 1.807) is 6.20 Å². The van der Waals surface area contributed by atoms with Gasteiger partial charge in [0, 0.05) is 24.4 Å². The van der Waals surface area contributed by atoms with E-state index in [9.17, 15) is 9.90 Å². The lowest BCUT2D eigenvalue weighted by molar-refractivity contribution is -0.125. The molecule has 2 aromatic rings. The van der Waals surface area contributed by atoms with Gasteiger partial charge in [0.2, 0.25) is 0 Å². The fourth-order valence-electron chi connectivity index (χ4n) is 2.72. The molecule has 0 atom stereocenters. The van der Waals surface area contributed by atoms with E-state index in [4.69, 9.17) is 0 Å². The Labute approximate surface area is 105 Å². The Morgan fingerprint density at radius 1 is 1.11 bits per heavy atom. The number of benzene rings is 1. The van der Waals surface area contributed by atoms with E-state index in [1.165, 1.54) is 0 Å². The lowest BCUT2D eigenvalue weighted by Gasteiger charge is -2.32. The summed E-state index contributed by atoms with van der Waals surface area (Å²) in [5.74, 6) is 0.248. The van der Waals surface area contributed by atoms with Crippen molar-refractivity contribution in [2.24, 2.45) is 0 Å². The molecule has 3 heteroatoms. The Morgan fingerprint density at radius 3 is 2.67 bits per heavy atom. The molecule has 0 bridgehead atoms. The van der Waals surface area contributed by atoms with Crippen LogP contribution in [0.2, 0.25) is 0 Å². The van der Waals surface area contributed by atoms with Gasteiger partial charge in [0.25, 0.3) is 0 Å². The Kier molecular flexibility index (Phi) is 2.63. The van der Waals surface area contributed by atoms with Crippen LogP contribution in [0.1, 0.15) is 31.2 Å². The zero-order valence-corrected chi connectivity index (χ0v) is 10.1. The summed E-state index contributed by atoms with van der Waals surface area (Å²) in [6, 6.07) is 9.66. The van der Waals surface area contributed by atoms with Crippen LogP contribution in [0.4, 0.5) is 0 Å². The van der Waals surface area contributed by atoms with Crippen molar-refractivity contribution in [3.05, 3.63) is 42.1 Å². The molecule has 1 fully saturated rings. The van der Waals surface area contributed by atoms with Crippen LogP contribution in [0.15, 0.2) is 36.5 Å². The number of aromatic nitrogens is 1. The fourth-order valence-corrected chi connectivity index (χ4v) is 2.72. The molecule has 92 valence electrons. The van der Waals surface area contributed by atoms with Gasteiger partial charge < -0.3 is 5.11 Å². The van der Waals surface area contributed by atoms with E-state index < -0.39 is 5.60 Å². The minimum Gasteiger partial charge on any atom is -0.385 e. The number of hydrogen-bond acceptors (Lipinski definition) is 3. The first-order valence-electron chi connectivity index (χ1n) is 6.27. The van der Waals surface area contributed by atoms with Gasteiger partial charge in [0.15, 0.2) is 0 Å². The first-order chi connectivity index (χ1) is 8.69. The molecule has 1 N–H and O–H groups in total. The molecule has 0 spiro atoms. The van der Waals surface area contributed by atoms with Crippen molar-refractivity contribution in [2.45, 2.75) is 31.3 Å². The highest BCUT2D eigenvalue weighted by atomic mass is 16.3. The van der Waals surface area contributed by atoms with Crippen molar-refractivity contribution in [1.82, 2.24) is 4.98 Å². The molecule has 1 aromatic heterocycles. The Hall–Kier alpha value is -1.74. The summed E-state index contributed by atoms with van der Waals surface area (Å²) < 4.78 is 0. The van der Waals surface area contributed by atoms with E-state index in [0.29, 0.717) is 25.7 Å². The lowest BCUT2D eigenvalue weighted by Crippen LogP contribution is -2.31. The molecule has 0 aliphatic heterocycles. The zero-order valence-electron chi connectivity index (χ0n) is 10.1. The number of fused-ring (bicyclic) bond motifs is 1. The van der Waals surface area contributed by atoms with Crippen LogP contribution < -0.4 is 0 Å².